The molecule has 1 atom stereocenters. The van der Waals surface area contributed by atoms with Crippen molar-refractivity contribution in [1.82, 2.24) is 0 Å². The van der Waals surface area contributed by atoms with E-state index in [1.165, 1.54) is 6.92 Å². The van der Waals surface area contributed by atoms with E-state index in [1.54, 1.807) is 13.8 Å². The highest BCUT2D eigenvalue weighted by molar-refractivity contribution is 7.80. The van der Waals surface area contributed by atoms with Crippen molar-refractivity contribution in [3.63, 3.8) is 0 Å². The molecular formula is C8H14O3S. The van der Waals surface area contributed by atoms with Crippen molar-refractivity contribution in [2.45, 2.75) is 32.8 Å². The average Bonchev–Trinajstić information content (AvgIpc) is 2.03. The fraction of sp³-hybridized carbons (Fsp3) is 0.750. The second-order valence-electron chi connectivity index (χ2n) is 2.57. The summed E-state index contributed by atoms with van der Waals surface area (Å²) in [7, 11) is 0. The van der Waals surface area contributed by atoms with Crippen LogP contribution in [0, 0.1) is 0 Å². The van der Waals surface area contributed by atoms with Gasteiger partial charge in [-0.15, -0.1) is 0 Å². The van der Waals surface area contributed by atoms with Crippen LogP contribution in [0.3, 0.4) is 0 Å². The van der Waals surface area contributed by atoms with Crippen LogP contribution in [0.1, 0.15) is 27.2 Å². The van der Waals surface area contributed by atoms with Gasteiger partial charge in [0.1, 0.15) is 0 Å². The zero-order valence-corrected chi connectivity index (χ0v) is 8.40. The van der Waals surface area contributed by atoms with Gasteiger partial charge in [0.25, 0.3) is 0 Å². The standard InChI is InChI=1S/C8H14O3S/c1-4-6(9)8(3,10)7(12)11-5-2/h10H,4-5H2,1-3H3. The van der Waals surface area contributed by atoms with Crippen molar-refractivity contribution in [3.05, 3.63) is 0 Å². The number of carbonyl (C=O) groups is 1. The number of ether oxygens (including phenoxy) is 1. The van der Waals surface area contributed by atoms with E-state index in [0.29, 0.717) is 6.61 Å². The lowest BCUT2D eigenvalue weighted by Crippen LogP contribution is -2.43. The van der Waals surface area contributed by atoms with E-state index in [-0.39, 0.29) is 17.3 Å². The Morgan fingerprint density at radius 2 is 2.08 bits per heavy atom. The van der Waals surface area contributed by atoms with E-state index in [2.05, 4.69) is 0 Å². The fourth-order valence-corrected chi connectivity index (χ4v) is 0.961. The summed E-state index contributed by atoms with van der Waals surface area (Å²) in [5.74, 6) is -0.319. The lowest BCUT2D eigenvalue weighted by atomic mass is 10.0. The topological polar surface area (TPSA) is 46.5 Å². The number of thiocarbonyl (C=S) groups is 1. The van der Waals surface area contributed by atoms with Crippen LogP contribution in [0.2, 0.25) is 0 Å². The molecule has 0 saturated carbocycles. The lowest BCUT2D eigenvalue weighted by molar-refractivity contribution is -0.130. The number of hydrogen-bond donors (Lipinski definition) is 1. The predicted octanol–water partition coefficient (Wildman–Crippen LogP) is 1.08. The summed E-state index contributed by atoms with van der Waals surface area (Å²) in [5.41, 5.74) is -1.61. The van der Waals surface area contributed by atoms with Crippen LogP contribution in [0.4, 0.5) is 0 Å². The molecule has 0 bridgehead atoms. The normalized spacial score (nSPS) is 15.0. The molecule has 70 valence electrons. The van der Waals surface area contributed by atoms with Crippen molar-refractivity contribution in [1.29, 1.82) is 0 Å². The smallest absolute Gasteiger partial charge is 0.199 e. The van der Waals surface area contributed by atoms with Gasteiger partial charge in [0.05, 0.1) is 6.61 Å². The summed E-state index contributed by atoms with van der Waals surface area (Å²) in [6.45, 7) is 5.15. The molecule has 12 heavy (non-hydrogen) atoms. The molecule has 0 rings (SSSR count). The molecule has 0 spiro atoms. The van der Waals surface area contributed by atoms with E-state index < -0.39 is 5.60 Å². The van der Waals surface area contributed by atoms with E-state index >= 15 is 0 Å². The number of ketones is 1. The first-order valence-electron chi connectivity index (χ1n) is 3.89. The van der Waals surface area contributed by atoms with Crippen LogP contribution in [0.5, 0.6) is 0 Å². The molecule has 0 aliphatic rings. The maximum absolute atomic E-state index is 11.1. The van der Waals surface area contributed by atoms with Crippen LogP contribution in [0.15, 0.2) is 0 Å². The first-order valence-corrected chi connectivity index (χ1v) is 4.30. The molecule has 0 heterocycles. The number of aliphatic hydroxyl groups is 1. The van der Waals surface area contributed by atoms with Crippen LogP contribution in [0.25, 0.3) is 0 Å². The summed E-state index contributed by atoms with van der Waals surface area (Å²) in [6, 6.07) is 0. The summed E-state index contributed by atoms with van der Waals surface area (Å²) >= 11 is 4.74. The third-order valence-corrected chi connectivity index (χ3v) is 2.05. The minimum Gasteiger partial charge on any atom is -0.484 e. The molecule has 1 N–H and O–H groups in total. The lowest BCUT2D eigenvalue weighted by Gasteiger charge is -2.21. The minimum absolute atomic E-state index is 0.0446. The van der Waals surface area contributed by atoms with Crippen molar-refractivity contribution < 1.29 is 14.6 Å². The molecule has 0 radical (unpaired) electrons. The monoisotopic (exact) mass is 190 g/mol. The first-order chi connectivity index (χ1) is 5.46. The van der Waals surface area contributed by atoms with Crippen molar-refractivity contribution in [2.24, 2.45) is 0 Å². The van der Waals surface area contributed by atoms with Crippen molar-refractivity contribution in [3.8, 4) is 0 Å². The van der Waals surface area contributed by atoms with E-state index in [9.17, 15) is 9.90 Å². The largest absolute Gasteiger partial charge is 0.484 e. The van der Waals surface area contributed by atoms with Gasteiger partial charge in [-0.2, -0.15) is 0 Å². The van der Waals surface area contributed by atoms with Crippen LogP contribution in [-0.4, -0.2) is 28.1 Å². The highest BCUT2D eigenvalue weighted by Gasteiger charge is 2.34. The summed E-state index contributed by atoms with van der Waals surface area (Å²) < 4.78 is 4.89. The molecule has 0 aromatic rings. The second kappa shape index (κ2) is 4.52. The van der Waals surface area contributed by atoms with Gasteiger partial charge in [0, 0.05) is 6.42 Å². The maximum atomic E-state index is 11.1. The Morgan fingerprint density at radius 3 is 2.42 bits per heavy atom. The van der Waals surface area contributed by atoms with Crippen molar-refractivity contribution >= 4 is 23.1 Å². The Kier molecular flexibility index (Phi) is 4.34. The zero-order valence-electron chi connectivity index (χ0n) is 7.59. The maximum Gasteiger partial charge on any atom is 0.199 e. The van der Waals surface area contributed by atoms with Crippen LogP contribution < -0.4 is 0 Å². The zero-order chi connectivity index (χ0) is 9.78. The highest BCUT2D eigenvalue weighted by atomic mass is 32.1. The molecule has 0 aliphatic heterocycles. The quantitative estimate of drug-likeness (QED) is 0.674. The summed E-state index contributed by atoms with van der Waals surface area (Å²) in [4.78, 5) is 11.1. The molecule has 0 aliphatic carbocycles. The summed E-state index contributed by atoms with van der Waals surface area (Å²) in [5, 5.41) is 9.52. The SMILES string of the molecule is CCOC(=S)C(C)(O)C(=O)CC. The minimum atomic E-state index is -1.61. The van der Waals surface area contributed by atoms with E-state index in [4.69, 9.17) is 17.0 Å². The number of rotatable bonds is 4. The highest BCUT2D eigenvalue weighted by Crippen LogP contribution is 2.11. The van der Waals surface area contributed by atoms with Crippen LogP contribution >= 0.6 is 12.2 Å². The Hall–Kier alpha value is -0.480. The number of Topliss-reactive ketones (excluding diaryl/α,β-unsaturated/α-hetero) is 1. The third-order valence-electron chi connectivity index (χ3n) is 1.54. The molecule has 4 heteroatoms. The molecular weight excluding hydrogens is 176 g/mol. The van der Waals surface area contributed by atoms with Crippen LogP contribution in [-0.2, 0) is 9.53 Å². The van der Waals surface area contributed by atoms with Gasteiger partial charge in [-0.1, -0.05) is 6.92 Å². The van der Waals surface area contributed by atoms with Gasteiger partial charge in [-0.05, 0) is 26.1 Å². The van der Waals surface area contributed by atoms with Gasteiger partial charge in [0.15, 0.2) is 16.4 Å². The first kappa shape index (κ1) is 11.5. The third kappa shape index (κ3) is 2.53. The van der Waals surface area contributed by atoms with Gasteiger partial charge < -0.3 is 9.84 Å². The Balaban J connectivity index is 4.38. The Bertz CT molecular complexity index is 187. The number of hydrogen-bond acceptors (Lipinski definition) is 4. The van der Waals surface area contributed by atoms with Gasteiger partial charge in [-0.25, -0.2) is 0 Å². The molecule has 3 nitrogen and oxygen atoms in total. The predicted molar refractivity (Wildman–Crippen MR) is 50.1 cm³/mol. The Morgan fingerprint density at radius 1 is 1.58 bits per heavy atom. The van der Waals surface area contributed by atoms with Gasteiger partial charge in [0.2, 0.25) is 0 Å². The molecule has 1 unspecified atom stereocenters. The summed E-state index contributed by atoms with van der Waals surface area (Å²) in [6.07, 6.45) is 0.250. The second-order valence-corrected chi connectivity index (χ2v) is 2.94. The fourth-order valence-electron chi connectivity index (χ4n) is 0.730. The molecule has 0 aromatic heterocycles. The van der Waals surface area contributed by atoms with Gasteiger partial charge >= 0.3 is 0 Å². The molecule has 0 amide bonds. The number of carbonyl (C=O) groups excluding carboxylic acids is 1. The Labute approximate surface area is 77.7 Å². The molecule has 0 saturated heterocycles. The average molecular weight is 190 g/mol. The van der Waals surface area contributed by atoms with Gasteiger partial charge in [-0.3, -0.25) is 4.79 Å². The molecule has 0 aromatic carbocycles. The van der Waals surface area contributed by atoms with E-state index in [0.717, 1.165) is 0 Å². The van der Waals surface area contributed by atoms with E-state index in [1.807, 2.05) is 0 Å². The van der Waals surface area contributed by atoms with Crippen molar-refractivity contribution in [2.75, 3.05) is 6.61 Å². The molecule has 0 fully saturated rings.